The second kappa shape index (κ2) is 6.15. The summed E-state index contributed by atoms with van der Waals surface area (Å²) in [5.74, 6) is -1.49. The molecule has 130 valence electrons. The highest BCUT2D eigenvalue weighted by Gasteiger charge is 2.33. The summed E-state index contributed by atoms with van der Waals surface area (Å²) in [6.45, 7) is 2.39. The molecule has 9 heteroatoms. The van der Waals surface area contributed by atoms with Crippen LogP contribution < -0.4 is 5.32 Å². The number of anilines is 1. The predicted octanol–water partition coefficient (Wildman–Crippen LogP) is 3.86. The third-order valence-electron chi connectivity index (χ3n) is 3.63. The molecule has 0 aliphatic carbocycles. The summed E-state index contributed by atoms with van der Waals surface area (Å²) < 4.78 is 53.3. The molecule has 0 saturated carbocycles. The van der Waals surface area contributed by atoms with Gasteiger partial charge < -0.3 is 9.88 Å². The monoisotopic (exact) mass is 352 g/mol. The van der Waals surface area contributed by atoms with E-state index in [2.05, 4.69) is 15.3 Å². The minimum Gasteiger partial charge on any atom is -0.347 e. The Balaban J connectivity index is 1.97. The van der Waals surface area contributed by atoms with Gasteiger partial charge in [0.15, 0.2) is 0 Å². The average molecular weight is 352 g/mol. The van der Waals surface area contributed by atoms with E-state index in [1.54, 1.807) is 4.57 Å². The van der Waals surface area contributed by atoms with Crippen molar-refractivity contribution in [3.63, 3.8) is 0 Å². The number of alkyl halides is 3. The van der Waals surface area contributed by atoms with Gasteiger partial charge in [-0.15, -0.1) is 0 Å². The number of halogens is 4. The van der Waals surface area contributed by atoms with Gasteiger partial charge in [-0.1, -0.05) is 0 Å². The third-order valence-corrected chi connectivity index (χ3v) is 3.63. The molecule has 1 amide bonds. The van der Waals surface area contributed by atoms with Gasteiger partial charge in [-0.3, -0.25) is 4.79 Å². The first-order valence-corrected chi connectivity index (χ1v) is 7.28. The highest BCUT2D eigenvalue weighted by Crippen LogP contribution is 2.28. The van der Waals surface area contributed by atoms with Crippen molar-refractivity contribution in [3.8, 4) is 0 Å². The fraction of sp³-hybridized carbons (Fsp3) is 0.188. The fourth-order valence-electron chi connectivity index (χ4n) is 2.48. The van der Waals surface area contributed by atoms with Crippen LogP contribution in [0, 0.1) is 5.82 Å². The Kier molecular flexibility index (Phi) is 4.15. The van der Waals surface area contributed by atoms with E-state index < -0.39 is 23.6 Å². The van der Waals surface area contributed by atoms with E-state index in [4.69, 9.17) is 0 Å². The number of fused-ring (bicyclic) bond motifs is 1. The number of aromatic nitrogens is 3. The van der Waals surface area contributed by atoms with E-state index in [1.807, 2.05) is 6.92 Å². The number of benzene rings is 1. The van der Waals surface area contributed by atoms with Crippen molar-refractivity contribution in [2.45, 2.75) is 19.6 Å². The number of carbonyl (C=O) groups is 1. The highest BCUT2D eigenvalue weighted by molar-refractivity contribution is 6.12. The summed E-state index contributed by atoms with van der Waals surface area (Å²) in [5, 5.41) is 2.66. The SMILES string of the molecule is CCn1cc(C(=O)Nc2cc(C(F)(F)F)ncn2)c2cc(F)ccc21. The van der Waals surface area contributed by atoms with Gasteiger partial charge in [0, 0.05) is 29.7 Å². The van der Waals surface area contributed by atoms with Gasteiger partial charge in [-0.2, -0.15) is 13.2 Å². The van der Waals surface area contributed by atoms with Gasteiger partial charge >= 0.3 is 6.18 Å². The third kappa shape index (κ3) is 3.30. The molecule has 0 unspecified atom stereocenters. The van der Waals surface area contributed by atoms with Crippen molar-refractivity contribution in [1.82, 2.24) is 14.5 Å². The molecule has 0 saturated heterocycles. The van der Waals surface area contributed by atoms with Crippen LogP contribution in [-0.4, -0.2) is 20.4 Å². The first-order valence-electron chi connectivity index (χ1n) is 7.28. The maximum absolute atomic E-state index is 13.5. The van der Waals surface area contributed by atoms with E-state index in [0.717, 1.165) is 0 Å². The van der Waals surface area contributed by atoms with Crippen LogP contribution in [0.3, 0.4) is 0 Å². The second-order valence-corrected chi connectivity index (χ2v) is 5.23. The number of carbonyl (C=O) groups excluding carboxylic acids is 1. The molecule has 0 bridgehead atoms. The van der Waals surface area contributed by atoms with Gasteiger partial charge in [-0.05, 0) is 25.1 Å². The number of hydrogen-bond acceptors (Lipinski definition) is 3. The summed E-state index contributed by atoms with van der Waals surface area (Å²) in [5.41, 5.74) is -0.379. The Morgan fingerprint density at radius 3 is 2.68 bits per heavy atom. The quantitative estimate of drug-likeness (QED) is 0.728. The number of nitrogens with zero attached hydrogens (tertiary/aromatic N) is 3. The van der Waals surface area contributed by atoms with Crippen molar-refractivity contribution >= 4 is 22.6 Å². The molecule has 0 aliphatic heterocycles. The molecule has 2 aromatic heterocycles. The average Bonchev–Trinajstić information content (AvgIpc) is 2.92. The molecule has 0 radical (unpaired) electrons. The van der Waals surface area contributed by atoms with E-state index in [1.165, 1.54) is 24.4 Å². The summed E-state index contributed by atoms with van der Waals surface area (Å²) in [6.07, 6.45) is -2.41. The Labute approximate surface area is 139 Å². The van der Waals surface area contributed by atoms with Crippen molar-refractivity contribution in [1.29, 1.82) is 0 Å². The molecule has 1 aromatic carbocycles. The normalized spacial score (nSPS) is 11.7. The van der Waals surface area contributed by atoms with Crippen LogP contribution in [-0.2, 0) is 12.7 Å². The molecule has 5 nitrogen and oxygen atoms in total. The topological polar surface area (TPSA) is 59.8 Å². The summed E-state index contributed by atoms with van der Waals surface area (Å²) >= 11 is 0. The zero-order valence-electron chi connectivity index (χ0n) is 12.9. The standard InChI is InChI=1S/C16H12F4N4O/c1-2-24-7-11(10-5-9(17)3-4-12(10)24)15(25)23-14-6-13(16(18,19)20)21-8-22-14/h3-8H,2H2,1H3,(H,21,22,23,25). The molecular weight excluding hydrogens is 340 g/mol. The zero-order chi connectivity index (χ0) is 18.2. The molecular formula is C16H12F4N4O. The van der Waals surface area contributed by atoms with Crippen molar-refractivity contribution < 1.29 is 22.4 Å². The van der Waals surface area contributed by atoms with E-state index in [-0.39, 0.29) is 11.4 Å². The van der Waals surface area contributed by atoms with Crippen LogP contribution in [0.4, 0.5) is 23.4 Å². The molecule has 3 aromatic rings. The summed E-state index contributed by atoms with van der Waals surface area (Å²) in [6, 6.07) is 4.66. The number of aryl methyl sites for hydroxylation is 1. The van der Waals surface area contributed by atoms with E-state index in [9.17, 15) is 22.4 Å². The molecule has 0 fully saturated rings. The highest BCUT2D eigenvalue weighted by atomic mass is 19.4. The minimum atomic E-state index is -4.65. The summed E-state index contributed by atoms with van der Waals surface area (Å²) in [7, 11) is 0. The Hall–Kier alpha value is -2.97. The Morgan fingerprint density at radius 2 is 2.00 bits per heavy atom. The molecule has 3 rings (SSSR count). The van der Waals surface area contributed by atoms with Crippen molar-refractivity contribution in [2.24, 2.45) is 0 Å². The van der Waals surface area contributed by atoms with Crippen LogP contribution in [0.15, 0.2) is 36.8 Å². The number of nitrogens with one attached hydrogen (secondary N) is 1. The number of hydrogen-bond donors (Lipinski definition) is 1. The summed E-state index contributed by atoms with van der Waals surface area (Å²) in [4.78, 5) is 19.2. The van der Waals surface area contributed by atoms with E-state index >= 15 is 0 Å². The largest absolute Gasteiger partial charge is 0.433 e. The minimum absolute atomic E-state index is 0.142. The molecule has 25 heavy (non-hydrogen) atoms. The van der Waals surface area contributed by atoms with Crippen LogP contribution >= 0.6 is 0 Å². The predicted molar refractivity (Wildman–Crippen MR) is 82.6 cm³/mol. The molecule has 0 atom stereocenters. The van der Waals surface area contributed by atoms with Crippen LogP contribution in [0.1, 0.15) is 23.0 Å². The zero-order valence-corrected chi connectivity index (χ0v) is 12.9. The Bertz CT molecular complexity index is 949. The van der Waals surface area contributed by atoms with Crippen LogP contribution in [0.2, 0.25) is 0 Å². The Morgan fingerprint density at radius 1 is 1.24 bits per heavy atom. The lowest BCUT2D eigenvalue weighted by molar-refractivity contribution is -0.141. The van der Waals surface area contributed by atoms with Gasteiger partial charge in [-0.25, -0.2) is 14.4 Å². The van der Waals surface area contributed by atoms with Gasteiger partial charge in [0.2, 0.25) is 0 Å². The lowest BCUT2D eigenvalue weighted by atomic mass is 10.1. The van der Waals surface area contributed by atoms with Crippen LogP contribution in [0.25, 0.3) is 10.9 Å². The first-order chi connectivity index (χ1) is 11.8. The lowest BCUT2D eigenvalue weighted by Gasteiger charge is -2.07. The van der Waals surface area contributed by atoms with Gasteiger partial charge in [0.1, 0.15) is 23.7 Å². The fourth-order valence-corrected chi connectivity index (χ4v) is 2.48. The van der Waals surface area contributed by atoms with Gasteiger partial charge in [0.25, 0.3) is 5.91 Å². The maximum atomic E-state index is 13.5. The number of amides is 1. The molecule has 0 aliphatic rings. The van der Waals surface area contributed by atoms with Gasteiger partial charge in [0.05, 0.1) is 5.56 Å². The van der Waals surface area contributed by atoms with Crippen molar-refractivity contribution in [3.05, 3.63) is 53.9 Å². The first kappa shape index (κ1) is 16.9. The van der Waals surface area contributed by atoms with E-state index in [0.29, 0.717) is 29.8 Å². The smallest absolute Gasteiger partial charge is 0.347 e. The second-order valence-electron chi connectivity index (χ2n) is 5.23. The van der Waals surface area contributed by atoms with Crippen molar-refractivity contribution in [2.75, 3.05) is 5.32 Å². The lowest BCUT2D eigenvalue weighted by Crippen LogP contribution is -2.15. The molecule has 1 N–H and O–H groups in total. The van der Waals surface area contributed by atoms with Crippen LogP contribution in [0.5, 0.6) is 0 Å². The number of rotatable bonds is 3. The molecule has 0 spiro atoms. The maximum Gasteiger partial charge on any atom is 0.433 e. The molecule has 2 heterocycles.